The summed E-state index contributed by atoms with van der Waals surface area (Å²) in [5.74, 6) is -1.13. The zero-order valence-electron chi connectivity index (χ0n) is 7.11. The fourth-order valence-corrected chi connectivity index (χ4v) is 1.33. The molecule has 0 amide bonds. The summed E-state index contributed by atoms with van der Waals surface area (Å²) in [7, 11) is 0. The number of alkyl halides is 3. The summed E-state index contributed by atoms with van der Waals surface area (Å²) in [6.45, 7) is 0. The van der Waals surface area contributed by atoms with Gasteiger partial charge in [-0.15, -0.1) is 0 Å². The molecule has 1 atom stereocenters. The zero-order chi connectivity index (χ0) is 10.3. The molecule has 0 aromatic heterocycles. The van der Waals surface area contributed by atoms with E-state index in [1.54, 1.807) is 0 Å². The Labute approximate surface area is 78.5 Å². The lowest BCUT2D eigenvalue weighted by Gasteiger charge is -2.09. The Balaban J connectivity index is 2.41. The molecule has 0 aliphatic heterocycles. The molecule has 2 rings (SSSR count). The van der Waals surface area contributed by atoms with E-state index in [0.29, 0.717) is 5.56 Å². The van der Waals surface area contributed by atoms with E-state index in [0.717, 1.165) is 18.6 Å². The number of halogens is 4. The topological polar surface area (TPSA) is 0 Å². The maximum Gasteiger partial charge on any atom is 0.419 e. The number of rotatable bonds is 1. The van der Waals surface area contributed by atoms with Crippen molar-refractivity contribution in [2.75, 3.05) is 0 Å². The lowest BCUT2D eigenvalue weighted by molar-refractivity contribution is -0.140. The molecule has 4 heteroatoms. The van der Waals surface area contributed by atoms with Gasteiger partial charge in [-0.25, -0.2) is 4.39 Å². The van der Waals surface area contributed by atoms with Crippen molar-refractivity contribution in [2.45, 2.75) is 18.5 Å². The Kier molecular flexibility index (Phi) is 2.01. The van der Waals surface area contributed by atoms with Crippen molar-refractivity contribution in [3.63, 3.8) is 0 Å². The fourth-order valence-electron chi connectivity index (χ4n) is 1.33. The van der Waals surface area contributed by atoms with Gasteiger partial charge in [0.25, 0.3) is 0 Å². The Bertz CT molecular complexity index is 350. The Morgan fingerprint density at radius 2 is 1.86 bits per heavy atom. The third-order valence-corrected chi connectivity index (χ3v) is 2.20. The van der Waals surface area contributed by atoms with Crippen molar-refractivity contribution in [2.24, 2.45) is 0 Å². The van der Waals surface area contributed by atoms with Crippen LogP contribution in [0.25, 0.3) is 0 Å². The van der Waals surface area contributed by atoms with Gasteiger partial charge >= 0.3 is 6.18 Å². The normalized spacial score (nSPS) is 17.1. The van der Waals surface area contributed by atoms with Gasteiger partial charge < -0.3 is 0 Å². The van der Waals surface area contributed by atoms with Crippen LogP contribution < -0.4 is 0 Å². The summed E-state index contributed by atoms with van der Waals surface area (Å²) < 4.78 is 49.6. The van der Waals surface area contributed by atoms with Gasteiger partial charge in [0.1, 0.15) is 5.82 Å². The van der Waals surface area contributed by atoms with E-state index in [1.807, 2.05) is 6.42 Å². The van der Waals surface area contributed by atoms with Crippen molar-refractivity contribution in [3.8, 4) is 0 Å². The summed E-state index contributed by atoms with van der Waals surface area (Å²) in [4.78, 5) is 0. The Morgan fingerprint density at radius 3 is 2.36 bits per heavy atom. The number of benzene rings is 1. The Hall–Kier alpha value is -1.06. The van der Waals surface area contributed by atoms with Crippen LogP contribution in [0.3, 0.4) is 0 Å². The van der Waals surface area contributed by atoms with E-state index in [4.69, 9.17) is 0 Å². The summed E-state index contributed by atoms with van der Waals surface area (Å²) >= 11 is 0. The monoisotopic (exact) mass is 203 g/mol. The molecule has 0 unspecified atom stereocenters. The third-order valence-electron chi connectivity index (χ3n) is 2.20. The van der Waals surface area contributed by atoms with E-state index >= 15 is 0 Å². The quantitative estimate of drug-likeness (QED) is 0.612. The first-order valence-corrected chi connectivity index (χ1v) is 4.18. The molecule has 0 N–H and O–H groups in total. The maximum atomic E-state index is 12.8. The molecule has 14 heavy (non-hydrogen) atoms. The zero-order valence-corrected chi connectivity index (χ0v) is 7.11. The first kappa shape index (κ1) is 9.49. The molecular formula is C10H7F4. The molecule has 0 saturated heterocycles. The van der Waals surface area contributed by atoms with Gasteiger partial charge in [-0.05, 0) is 36.5 Å². The predicted octanol–water partition coefficient (Wildman–Crippen LogP) is 3.54. The first-order chi connectivity index (χ1) is 6.48. The molecule has 1 aromatic rings. The molecular weight excluding hydrogens is 196 g/mol. The smallest absolute Gasteiger partial charge is 0.206 e. The van der Waals surface area contributed by atoms with Gasteiger partial charge in [-0.2, -0.15) is 13.2 Å². The average Bonchev–Trinajstić information content (AvgIpc) is 2.85. The second-order valence-corrected chi connectivity index (χ2v) is 3.31. The van der Waals surface area contributed by atoms with Crippen LogP contribution in [0.15, 0.2) is 18.2 Å². The van der Waals surface area contributed by atoms with Crippen molar-refractivity contribution in [3.05, 3.63) is 41.6 Å². The summed E-state index contributed by atoms with van der Waals surface area (Å²) in [5.41, 5.74) is -0.631. The van der Waals surface area contributed by atoms with Gasteiger partial charge in [0, 0.05) is 0 Å². The van der Waals surface area contributed by atoms with Crippen molar-refractivity contribution < 1.29 is 17.6 Å². The number of hydrogen-bond acceptors (Lipinski definition) is 0. The minimum atomic E-state index is -4.60. The molecule has 1 aromatic carbocycles. The highest BCUT2D eigenvalue weighted by Crippen LogP contribution is 2.41. The van der Waals surface area contributed by atoms with Crippen molar-refractivity contribution in [1.29, 1.82) is 0 Å². The van der Waals surface area contributed by atoms with Gasteiger partial charge in [0.2, 0.25) is 0 Å². The molecule has 1 aliphatic rings. The van der Waals surface area contributed by atoms with E-state index in [1.165, 1.54) is 6.07 Å². The van der Waals surface area contributed by atoms with Crippen LogP contribution in [0.4, 0.5) is 17.6 Å². The summed E-state index contributed by atoms with van der Waals surface area (Å²) in [5, 5.41) is 0. The van der Waals surface area contributed by atoms with Gasteiger partial charge in [-0.3, -0.25) is 0 Å². The van der Waals surface area contributed by atoms with E-state index in [-0.39, 0.29) is 5.92 Å². The van der Waals surface area contributed by atoms with Crippen LogP contribution in [-0.4, -0.2) is 0 Å². The molecule has 0 nitrogen and oxygen atoms in total. The van der Waals surface area contributed by atoms with Gasteiger partial charge in [0.15, 0.2) is 0 Å². The SMILES string of the molecule is Fc1ccc([C@@H]2[CH]C2)cc1C(F)(F)F. The molecule has 1 aliphatic carbocycles. The molecule has 1 radical (unpaired) electrons. The van der Waals surface area contributed by atoms with Crippen LogP contribution >= 0.6 is 0 Å². The van der Waals surface area contributed by atoms with E-state index in [9.17, 15) is 17.6 Å². The summed E-state index contributed by atoms with van der Waals surface area (Å²) in [6, 6.07) is 3.17. The largest absolute Gasteiger partial charge is 0.419 e. The molecule has 75 valence electrons. The van der Waals surface area contributed by atoms with E-state index in [2.05, 4.69) is 0 Å². The molecule has 1 fully saturated rings. The standard InChI is InChI=1S/C10H7F4/c11-9-4-3-7(6-1-2-6)5-8(9)10(12,13)14/h1,3-6H,2H2/t6-/m1/s1. The van der Waals surface area contributed by atoms with Crippen LogP contribution in [-0.2, 0) is 6.18 Å². The van der Waals surface area contributed by atoms with Crippen molar-refractivity contribution >= 4 is 0 Å². The fraction of sp³-hybridized carbons (Fsp3) is 0.300. The minimum Gasteiger partial charge on any atom is -0.206 e. The molecule has 0 heterocycles. The highest BCUT2D eigenvalue weighted by molar-refractivity contribution is 5.35. The maximum absolute atomic E-state index is 12.8. The lowest BCUT2D eigenvalue weighted by atomic mass is 10.1. The highest BCUT2D eigenvalue weighted by atomic mass is 19.4. The number of hydrogen-bond donors (Lipinski definition) is 0. The second kappa shape index (κ2) is 2.97. The third kappa shape index (κ3) is 1.74. The lowest BCUT2D eigenvalue weighted by Crippen LogP contribution is -2.08. The average molecular weight is 203 g/mol. The van der Waals surface area contributed by atoms with Gasteiger partial charge in [0.05, 0.1) is 5.56 Å². The van der Waals surface area contributed by atoms with Crippen LogP contribution in [0, 0.1) is 12.2 Å². The van der Waals surface area contributed by atoms with E-state index < -0.39 is 17.6 Å². The molecule has 0 spiro atoms. The highest BCUT2D eigenvalue weighted by Gasteiger charge is 2.35. The summed E-state index contributed by atoms with van der Waals surface area (Å²) in [6.07, 6.45) is -1.94. The predicted molar refractivity (Wildman–Crippen MR) is 43.1 cm³/mol. The van der Waals surface area contributed by atoms with Gasteiger partial charge in [-0.1, -0.05) is 6.07 Å². The molecule has 0 bridgehead atoms. The molecule has 1 saturated carbocycles. The van der Waals surface area contributed by atoms with Crippen LogP contribution in [0.1, 0.15) is 23.5 Å². The van der Waals surface area contributed by atoms with Crippen molar-refractivity contribution in [1.82, 2.24) is 0 Å². The Morgan fingerprint density at radius 1 is 1.21 bits per heavy atom. The minimum absolute atomic E-state index is 0.0803. The first-order valence-electron chi connectivity index (χ1n) is 4.18. The van der Waals surface area contributed by atoms with Crippen LogP contribution in [0.2, 0.25) is 0 Å². The second-order valence-electron chi connectivity index (χ2n) is 3.31. The van der Waals surface area contributed by atoms with Crippen LogP contribution in [0.5, 0.6) is 0 Å².